The zero-order chi connectivity index (χ0) is 14.9. The van der Waals surface area contributed by atoms with E-state index in [1.54, 1.807) is 11.3 Å². The van der Waals surface area contributed by atoms with Crippen LogP contribution in [0.5, 0.6) is 0 Å². The molecule has 0 spiro atoms. The highest BCUT2D eigenvalue weighted by molar-refractivity contribution is 7.09. The number of fused-ring (bicyclic) bond motifs is 1. The minimum Gasteiger partial charge on any atom is -0.335 e. The Bertz CT molecular complexity index is 666. The summed E-state index contributed by atoms with van der Waals surface area (Å²) in [6, 6.07) is 4.27. The molecule has 116 valence electrons. The lowest BCUT2D eigenvalue weighted by atomic mass is 10.3. The van der Waals surface area contributed by atoms with Crippen molar-refractivity contribution < 1.29 is 4.79 Å². The summed E-state index contributed by atoms with van der Waals surface area (Å²) in [5, 5.41) is 10.8. The van der Waals surface area contributed by atoms with Gasteiger partial charge in [-0.05, 0) is 17.9 Å². The molecule has 2 aliphatic heterocycles. The lowest BCUT2D eigenvalue weighted by molar-refractivity contribution is -0.128. The molecule has 7 heteroatoms. The zero-order valence-corrected chi connectivity index (χ0v) is 13.3. The second-order valence-corrected chi connectivity index (χ2v) is 6.93. The van der Waals surface area contributed by atoms with Crippen LogP contribution in [0.4, 0.5) is 0 Å². The normalized spacial score (nSPS) is 18.9. The summed E-state index contributed by atoms with van der Waals surface area (Å²) < 4.78 is 2.19. The molecule has 1 amide bonds. The standard InChI is InChI=1S/C15H19N5OS/c21-15-4-1-5-19(15)11-14-17-16-13-10-18(6-7-20(13)14)9-12-3-2-8-22-12/h2-3,8H,1,4-7,9-11H2. The molecule has 0 aromatic carbocycles. The van der Waals surface area contributed by atoms with Gasteiger partial charge in [0.05, 0.1) is 13.1 Å². The Labute approximate surface area is 133 Å². The quantitative estimate of drug-likeness (QED) is 0.857. The SMILES string of the molecule is O=C1CCCN1Cc1nnc2n1CCN(Cc1cccs1)C2. The number of hydrogen-bond donors (Lipinski definition) is 0. The maximum Gasteiger partial charge on any atom is 0.223 e. The van der Waals surface area contributed by atoms with Gasteiger partial charge < -0.3 is 9.47 Å². The van der Waals surface area contributed by atoms with Crippen molar-refractivity contribution in [1.82, 2.24) is 24.6 Å². The van der Waals surface area contributed by atoms with E-state index >= 15 is 0 Å². The number of likely N-dealkylation sites (tertiary alicyclic amines) is 1. The van der Waals surface area contributed by atoms with Crippen molar-refractivity contribution in [3.8, 4) is 0 Å². The highest BCUT2D eigenvalue weighted by Crippen LogP contribution is 2.19. The summed E-state index contributed by atoms with van der Waals surface area (Å²) in [7, 11) is 0. The molecular weight excluding hydrogens is 298 g/mol. The van der Waals surface area contributed by atoms with Gasteiger partial charge in [-0.25, -0.2) is 0 Å². The Hall–Kier alpha value is -1.73. The fourth-order valence-electron chi connectivity index (χ4n) is 3.18. The van der Waals surface area contributed by atoms with Gasteiger partial charge in [0.15, 0.2) is 5.82 Å². The van der Waals surface area contributed by atoms with Gasteiger partial charge in [-0.2, -0.15) is 0 Å². The molecule has 22 heavy (non-hydrogen) atoms. The van der Waals surface area contributed by atoms with Crippen molar-refractivity contribution >= 4 is 17.2 Å². The van der Waals surface area contributed by atoms with Gasteiger partial charge in [-0.1, -0.05) is 6.07 Å². The van der Waals surface area contributed by atoms with Crippen molar-refractivity contribution in [3.63, 3.8) is 0 Å². The van der Waals surface area contributed by atoms with E-state index in [0.717, 1.165) is 50.8 Å². The molecule has 2 aliphatic rings. The van der Waals surface area contributed by atoms with Crippen molar-refractivity contribution in [3.05, 3.63) is 34.0 Å². The third-order valence-corrected chi connectivity index (χ3v) is 5.23. The van der Waals surface area contributed by atoms with Crippen LogP contribution in [0.3, 0.4) is 0 Å². The Morgan fingerprint density at radius 3 is 2.91 bits per heavy atom. The predicted molar refractivity (Wildman–Crippen MR) is 83.1 cm³/mol. The van der Waals surface area contributed by atoms with Crippen LogP contribution in [0.1, 0.15) is 29.4 Å². The second-order valence-electron chi connectivity index (χ2n) is 5.89. The first kappa shape index (κ1) is 13.9. The van der Waals surface area contributed by atoms with E-state index in [4.69, 9.17) is 0 Å². The number of carbonyl (C=O) groups excluding carboxylic acids is 1. The first-order valence-electron chi connectivity index (χ1n) is 7.73. The van der Waals surface area contributed by atoms with Crippen molar-refractivity contribution in [2.45, 2.75) is 39.0 Å². The van der Waals surface area contributed by atoms with Crippen LogP contribution in [0.2, 0.25) is 0 Å². The molecule has 0 saturated carbocycles. The van der Waals surface area contributed by atoms with E-state index < -0.39 is 0 Å². The highest BCUT2D eigenvalue weighted by atomic mass is 32.1. The molecule has 0 bridgehead atoms. The van der Waals surface area contributed by atoms with Crippen LogP contribution in [0, 0.1) is 0 Å². The van der Waals surface area contributed by atoms with Gasteiger partial charge in [-0.3, -0.25) is 9.69 Å². The fourth-order valence-corrected chi connectivity index (χ4v) is 3.93. The Kier molecular flexibility index (Phi) is 3.67. The van der Waals surface area contributed by atoms with E-state index in [2.05, 4.69) is 37.2 Å². The smallest absolute Gasteiger partial charge is 0.223 e. The first-order chi connectivity index (χ1) is 10.8. The molecule has 0 atom stereocenters. The van der Waals surface area contributed by atoms with Gasteiger partial charge in [0.25, 0.3) is 0 Å². The number of carbonyl (C=O) groups is 1. The number of rotatable bonds is 4. The third kappa shape index (κ3) is 2.66. The minimum atomic E-state index is 0.243. The largest absolute Gasteiger partial charge is 0.335 e. The first-order valence-corrected chi connectivity index (χ1v) is 8.61. The average molecular weight is 317 g/mol. The molecule has 2 aromatic heterocycles. The topological polar surface area (TPSA) is 54.3 Å². The van der Waals surface area contributed by atoms with Gasteiger partial charge in [0, 0.05) is 37.5 Å². The number of nitrogens with zero attached hydrogens (tertiary/aromatic N) is 5. The molecular formula is C15H19N5OS. The van der Waals surface area contributed by atoms with Crippen LogP contribution >= 0.6 is 11.3 Å². The molecule has 0 unspecified atom stereocenters. The van der Waals surface area contributed by atoms with E-state index in [1.165, 1.54) is 4.88 Å². The molecule has 2 aromatic rings. The van der Waals surface area contributed by atoms with E-state index in [0.29, 0.717) is 13.0 Å². The highest BCUT2D eigenvalue weighted by Gasteiger charge is 2.25. The monoisotopic (exact) mass is 317 g/mol. The van der Waals surface area contributed by atoms with Crippen LogP contribution in [-0.2, 0) is 31.0 Å². The minimum absolute atomic E-state index is 0.243. The number of amides is 1. The molecule has 4 heterocycles. The van der Waals surface area contributed by atoms with Crippen molar-refractivity contribution in [1.29, 1.82) is 0 Å². The van der Waals surface area contributed by atoms with Gasteiger partial charge in [0.2, 0.25) is 5.91 Å². The molecule has 6 nitrogen and oxygen atoms in total. The maximum atomic E-state index is 11.8. The summed E-state index contributed by atoms with van der Waals surface area (Å²) in [5.74, 6) is 2.19. The lowest BCUT2D eigenvalue weighted by Crippen LogP contribution is -2.34. The summed E-state index contributed by atoms with van der Waals surface area (Å²) in [4.78, 5) is 17.4. The summed E-state index contributed by atoms with van der Waals surface area (Å²) in [5.41, 5.74) is 0. The summed E-state index contributed by atoms with van der Waals surface area (Å²) in [6.45, 7) is 5.18. The lowest BCUT2D eigenvalue weighted by Gasteiger charge is -2.27. The number of aromatic nitrogens is 3. The predicted octanol–water partition coefficient (Wildman–Crippen LogP) is 1.48. The molecule has 4 rings (SSSR count). The van der Waals surface area contributed by atoms with Gasteiger partial charge in [0.1, 0.15) is 5.82 Å². The molecule has 0 aliphatic carbocycles. The van der Waals surface area contributed by atoms with E-state index in [-0.39, 0.29) is 5.91 Å². The van der Waals surface area contributed by atoms with Crippen LogP contribution in [0.15, 0.2) is 17.5 Å². The molecule has 0 radical (unpaired) electrons. The van der Waals surface area contributed by atoms with Crippen LogP contribution < -0.4 is 0 Å². The number of thiophene rings is 1. The molecule has 1 saturated heterocycles. The van der Waals surface area contributed by atoms with Gasteiger partial charge in [-0.15, -0.1) is 21.5 Å². The Balaban J connectivity index is 1.44. The van der Waals surface area contributed by atoms with Crippen molar-refractivity contribution in [2.24, 2.45) is 0 Å². The van der Waals surface area contributed by atoms with E-state index in [9.17, 15) is 4.79 Å². The molecule has 0 N–H and O–H groups in total. The van der Waals surface area contributed by atoms with E-state index in [1.807, 2.05) is 4.90 Å². The van der Waals surface area contributed by atoms with Crippen LogP contribution in [0.25, 0.3) is 0 Å². The van der Waals surface area contributed by atoms with Crippen LogP contribution in [-0.4, -0.2) is 43.6 Å². The third-order valence-electron chi connectivity index (χ3n) is 4.37. The average Bonchev–Trinajstić information content (AvgIpc) is 3.23. The van der Waals surface area contributed by atoms with Crippen molar-refractivity contribution in [2.75, 3.05) is 13.1 Å². The Morgan fingerprint density at radius 2 is 2.14 bits per heavy atom. The second kappa shape index (κ2) is 5.81. The number of hydrogen-bond acceptors (Lipinski definition) is 5. The van der Waals surface area contributed by atoms with Gasteiger partial charge >= 0.3 is 0 Å². The molecule has 1 fully saturated rings. The summed E-state index contributed by atoms with van der Waals surface area (Å²) >= 11 is 1.80. The zero-order valence-electron chi connectivity index (χ0n) is 12.4. The summed E-state index contributed by atoms with van der Waals surface area (Å²) in [6.07, 6.45) is 1.64. The Morgan fingerprint density at radius 1 is 1.18 bits per heavy atom. The maximum absolute atomic E-state index is 11.8. The fraction of sp³-hybridized carbons (Fsp3) is 0.533.